The van der Waals surface area contributed by atoms with E-state index in [1.165, 1.54) is 36.8 Å². The fraction of sp³-hybridized carbons (Fsp3) is 0.429. The Hall–Kier alpha value is -2.84. The second kappa shape index (κ2) is 7.88. The van der Waals surface area contributed by atoms with Gasteiger partial charge in [-0.2, -0.15) is 4.98 Å². The Kier molecular flexibility index (Phi) is 4.95. The van der Waals surface area contributed by atoms with Crippen molar-refractivity contribution in [3.63, 3.8) is 0 Å². The van der Waals surface area contributed by atoms with Crippen molar-refractivity contribution in [3.05, 3.63) is 54.2 Å². The Morgan fingerprint density at radius 3 is 2.90 bits per heavy atom. The minimum Gasteiger partial charge on any atom is -0.378 e. The van der Waals surface area contributed by atoms with Gasteiger partial charge in [0.05, 0.1) is 19.3 Å². The van der Waals surface area contributed by atoms with E-state index < -0.39 is 0 Å². The molecule has 2 aliphatic heterocycles. The predicted molar refractivity (Wildman–Crippen MR) is 110 cm³/mol. The molecule has 1 N–H and O–H groups in total. The number of piperidine rings is 1. The molecule has 0 spiro atoms. The van der Waals surface area contributed by atoms with E-state index in [9.17, 15) is 0 Å². The van der Waals surface area contributed by atoms with Gasteiger partial charge in [-0.15, -0.1) is 5.10 Å². The average Bonchev–Trinajstić information content (AvgIpc) is 3.16. The average molecular weight is 391 g/mol. The van der Waals surface area contributed by atoms with E-state index in [1.807, 2.05) is 0 Å². The minimum atomic E-state index is 0.552. The summed E-state index contributed by atoms with van der Waals surface area (Å²) < 4.78 is 7.03. The molecule has 0 radical (unpaired) electrons. The van der Waals surface area contributed by atoms with Gasteiger partial charge in [-0.05, 0) is 55.5 Å². The molecule has 8 nitrogen and oxygen atoms in total. The molecule has 0 bridgehead atoms. The molecule has 2 aliphatic rings. The Balaban J connectivity index is 1.32. The highest BCUT2D eigenvalue weighted by Gasteiger charge is 2.31. The topological polar surface area (TPSA) is 81.0 Å². The number of rotatable bonds is 5. The Morgan fingerprint density at radius 2 is 2.10 bits per heavy atom. The van der Waals surface area contributed by atoms with Crippen LogP contribution in [0.25, 0.3) is 5.82 Å². The lowest BCUT2D eigenvalue weighted by atomic mass is 9.88. The molecule has 0 aliphatic carbocycles. The lowest BCUT2D eigenvalue weighted by Gasteiger charge is -2.42. The van der Waals surface area contributed by atoms with Gasteiger partial charge in [0.1, 0.15) is 12.7 Å². The number of aromatic nitrogens is 5. The van der Waals surface area contributed by atoms with Gasteiger partial charge in [0.2, 0.25) is 5.95 Å². The highest BCUT2D eigenvalue weighted by atomic mass is 16.5. The third kappa shape index (κ3) is 3.99. The third-order valence-electron chi connectivity index (χ3n) is 5.71. The zero-order valence-corrected chi connectivity index (χ0v) is 16.5. The molecule has 5 rings (SSSR count). The van der Waals surface area contributed by atoms with Crippen molar-refractivity contribution < 1.29 is 4.74 Å². The van der Waals surface area contributed by atoms with Crippen LogP contribution in [0, 0.1) is 6.92 Å². The lowest BCUT2D eigenvalue weighted by molar-refractivity contribution is -0.0721. The van der Waals surface area contributed by atoms with Gasteiger partial charge < -0.3 is 10.1 Å². The van der Waals surface area contributed by atoms with Crippen LogP contribution in [-0.2, 0) is 4.74 Å². The molecule has 1 atom stereocenters. The van der Waals surface area contributed by atoms with E-state index in [2.05, 4.69) is 55.4 Å². The lowest BCUT2D eigenvalue weighted by Crippen LogP contribution is -2.52. The summed E-state index contributed by atoms with van der Waals surface area (Å²) in [5.41, 5.74) is 3.64. The van der Waals surface area contributed by atoms with Gasteiger partial charge in [0.25, 0.3) is 0 Å². The number of benzene rings is 1. The number of nitrogens with zero attached hydrogens (tertiary/aromatic N) is 6. The van der Waals surface area contributed by atoms with Gasteiger partial charge in [-0.1, -0.05) is 6.07 Å². The highest BCUT2D eigenvalue weighted by Crippen LogP contribution is 2.32. The van der Waals surface area contributed by atoms with Crippen LogP contribution < -0.4 is 5.32 Å². The van der Waals surface area contributed by atoms with Crippen LogP contribution in [0.5, 0.6) is 0 Å². The van der Waals surface area contributed by atoms with E-state index in [0.29, 0.717) is 23.7 Å². The SMILES string of the molecule is Cc1cc(Nc2ncn(-c3ccncn3)n2)cc(C2CCCN(C3COC3)C2)c1. The zero-order chi connectivity index (χ0) is 19.6. The second-order valence-electron chi connectivity index (χ2n) is 7.86. The van der Waals surface area contributed by atoms with E-state index >= 15 is 0 Å². The van der Waals surface area contributed by atoms with E-state index in [-0.39, 0.29) is 0 Å². The molecule has 2 aromatic heterocycles. The van der Waals surface area contributed by atoms with Crippen LogP contribution in [0.3, 0.4) is 0 Å². The molecule has 4 heterocycles. The molecule has 3 aromatic rings. The first-order valence-electron chi connectivity index (χ1n) is 10.1. The van der Waals surface area contributed by atoms with Crippen LogP contribution in [0.1, 0.15) is 29.9 Å². The van der Waals surface area contributed by atoms with Crippen LogP contribution in [-0.4, -0.2) is 62.0 Å². The summed E-state index contributed by atoms with van der Waals surface area (Å²) in [5.74, 6) is 1.79. The summed E-state index contributed by atoms with van der Waals surface area (Å²) in [5, 5.41) is 7.83. The first-order chi connectivity index (χ1) is 14.2. The van der Waals surface area contributed by atoms with Crippen molar-refractivity contribution in [2.75, 3.05) is 31.6 Å². The van der Waals surface area contributed by atoms with Crippen molar-refractivity contribution in [3.8, 4) is 5.82 Å². The molecule has 29 heavy (non-hydrogen) atoms. The Labute approximate surface area is 170 Å². The fourth-order valence-corrected chi connectivity index (χ4v) is 4.14. The van der Waals surface area contributed by atoms with Gasteiger partial charge in [-0.25, -0.2) is 14.6 Å². The fourth-order valence-electron chi connectivity index (χ4n) is 4.14. The Morgan fingerprint density at radius 1 is 1.17 bits per heavy atom. The first kappa shape index (κ1) is 18.2. The van der Waals surface area contributed by atoms with Crippen molar-refractivity contribution in [2.45, 2.75) is 31.7 Å². The number of nitrogens with one attached hydrogen (secondary N) is 1. The van der Waals surface area contributed by atoms with Crippen molar-refractivity contribution in [1.29, 1.82) is 0 Å². The van der Waals surface area contributed by atoms with Crippen LogP contribution >= 0.6 is 0 Å². The van der Waals surface area contributed by atoms with Gasteiger partial charge in [0, 0.05) is 24.5 Å². The maximum absolute atomic E-state index is 5.39. The van der Waals surface area contributed by atoms with E-state index in [4.69, 9.17) is 4.74 Å². The largest absolute Gasteiger partial charge is 0.378 e. The Bertz CT molecular complexity index is 970. The number of anilines is 2. The van der Waals surface area contributed by atoms with Crippen LogP contribution in [0.15, 0.2) is 43.1 Å². The molecule has 0 amide bonds. The molecule has 1 unspecified atom stereocenters. The summed E-state index contributed by atoms with van der Waals surface area (Å²) in [7, 11) is 0. The van der Waals surface area contributed by atoms with Crippen LogP contribution in [0.2, 0.25) is 0 Å². The molecule has 0 saturated carbocycles. The molecule has 8 heteroatoms. The zero-order valence-electron chi connectivity index (χ0n) is 16.5. The first-order valence-corrected chi connectivity index (χ1v) is 10.1. The second-order valence-corrected chi connectivity index (χ2v) is 7.86. The molecule has 150 valence electrons. The maximum Gasteiger partial charge on any atom is 0.247 e. The van der Waals surface area contributed by atoms with Crippen molar-refractivity contribution in [2.24, 2.45) is 0 Å². The monoisotopic (exact) mass is 391 g/mol. The van der Waals surface area contributed by atoms with Crippen LogP contribution in [0.4, 0.5) is 11.6 Å². The van der Waals surface area contributed by atoms with Crippen molar-refractivity contribution >= 4 is 11.6 Å². The molecule has 2 saturated heterocycles. The molecule has 1 aromatic carbocycles. The highest BCUT2D eigenvalue weighted by molar-refractivity contribution is 5.56. The quantitative estimate of drug-likeness (QED) is 0.716. The predicted octanol–water partition coefficient (Wildman–Crippen LogP) is 2.69. The summed E-state index contributed by atoms with van der Waals surface area (Å²) in [4.78, 5) is 15.1. The summed E-state index contributed by atoms with van der Waals surface area (Å²) in [6.07, 6.45) is 7.31. The van der Waals surface area contributed by atoms with Gasteiger partial charge in [-0.3, -0.25) is 4.90 Å². The summed E-state index contributed by atoms with van der Waals surface area (Å²) in [6.45, 7) is 6.20. The number of hydrogen-bond acceptors (Lipinski definition) is 7. The van der Waals surface area contributed by atoms with E-state index in [1.54, 1.807) is 23.3 Å². The molecule has 2 fully saturated rings. The minimum absolute atomic E-state index is 0.552. The van der Waals surface area contributed by atoms with Gasteiger partial charge >= 0.3 is 0 Å². The summed E-state index contributed by atoms with van der Waals surface area (Å²) in [6, 6.07) is 9.09. The van der Waals surface area contributed by atoms with E-state index in [0.717, 1.165) is 25.4 Å². The molecular formula is C21H25N7O. The van der Waals surface area contributed by atoms with Gasteiger partial charge in [0.15, 0.2) is 5.82 Å². The molecular weight excluding hydrogens is 366 g/mol. The number of aryl methyl sites for hydroxylation is 1. The third-order valence-corrected chi connectivity index (χ3v) is 5.71. The number of ether oxygens (including phenoxy) is 1. The summed E-state index contributed by atoms with van der Waals surface area (Å²) >= 11 is 0. The van der Waals surface area contributed by atoms with Crippen molar-refractivity contribution in [1.82, 2.24) is 29.6 Å². The standard InChI is InChI=1S/C21H25N7O/c1-15-7-17(16-3-2-6-27(10-16)19-11-29-12-19)9-18(8-15)25-21-24-14-28(26-21)20-4-5-22-13-23-20/h4-5,7-9,13-14,16,19H,2-3,6,10-12H2,1H3,(H,25,26). The smallest absolute Gasteiger partial charge is 0.247 e. The number of likely N-dealkylation sites (tertiary alicyclic amines) is 1. The maximum atomic E-state index is 5.39. The number of hydrogen-bond donors (Lipinski definition) is 1. The normalized spacial score (nSPS) is 20.4.